The van der Waals surface area contributed by atoms with Crippen molar-refractivity contribution in [3.8, 4) is 11.5 Å². The molecule has 3 aliphatic rings. The van der Waals surface area contributed by atoms with E-state index in [0.717, 1.165) is 63.7 Å². The Balaban J connectivity index is 1.28. The molecule has 0 aliphatic carbocycles. The van der Waals surface area contributed by atoms with E-state index < -0.39 is 0 Å². The summed E-state index contributed by atoms with van der Waals surface area (Å²) in [6.07, 6.45) is 2.32. The first-order valence-corrected chi connectivity index (χ1v) is 10.5. The van der Waals surface area contributed by atoms with Crippen LogP contribution in [-0.2, 0) is 11.3 Å². The molecule has 1 aromatic rings. The predicted molar refractivity (Wildman–Crippen MR) is 108 cm³/mol. The summed E-state index contributed by atoms with van der Waals surface area (Å²) in [7, 11) is 0. The molecule has 6 heteroatoms. The molecule has 4 rings (SSSR count). The maximum atomic E-state index is 12.7. The molecule has 6 nitrogen and oxygen atoms in total. The van der Waals surface area contributed by atoms with Crippen molar-refractivity contribution in [1.82, 2.24) is 14.7 Å². The average Bonchev–Trinajstić information content (AvgIpc) is 3.15. The van der Waals surface area contributed by atoms with Gasteiger partial charge in [-0.25, -0.2) is 0 Å². The third-order valence-electron chi connectivity index (χ3n) is 6.09. The number of benzene rings is 1. The number of hydrogen-bond acceptors (Lipinski definition) is 5. The van der Waals surface area contributed by atoms with Crippen LogP contribution in [0.15, 0.2) is 18.2 Å². The molecule has 0 bridgehead atoms. The molecular weight excluding hydrogens is 354 g/mol. The number of ether oxygens (including phenoxy) is 2. The summed E-state index contributed by atoms with van der Waals surface area (Å²) in [5, 5.41) is 0. The van der Waals surface area contributed by atoms with Gasteiger partial charge in [0.05, 0.1) is 0 Å². The van der Waals surface area contributed by atoms with Gasteiger partial charge in [-0.05, 0) is 30.5 Å². The van der Waals surface area contributed by atoms with Gasteiger partial charge in [0.15, 0.2) is 11.5 Å². The highest BCUT2D eigenvalue weighted by Crippen LogP contribution is 2.33. The predicted octanol–water partition coefficient (Wildman–Crippen LogP) is 2.57. The van der Waals surface area contributed by atoms with Gasteiger partial charge in [0.2, 0.25) is 12.7 Å². The van der Waals surface area contributed by atoms with Gasteiger partial charge in [-0.15, -0.1) is 0 Å². The lowest BCUT2D eigenvalue weighted by molar-refractivity contribution is -0.141. The van der Waals surface area contributed by atoms with Crippen molar-refractivity contribution in [3.05, 3.63) is 23.8 Å². The summed E-state index contributed by atoms with van der Waals surface area (Å²) in [6, 6.07) is 6.76. The summed E-state index contributed by atoms with van der Waals surface area (Å²) in [5.74, 6) is 2.00. The van der Waals surface area contributed by atoms with Crippen LogP contribution in [0.3, 0.4) is 0 Å². The zero-order chi connectivity index (χ0) is 19.7. The Kier molecular flexibility index (Phi) is 5.52. The Morgan fingerprint density at radius 2 is 1.82 bits per heavy atom. The Morgan fingerprint density at radius 1 is 1.07 bits per heavy atom. The summed E-state index contributed by atoms with van der Waals surface area (Å²) in [6.45, 7) is 13.4. The molecule has 0 radical (unpaired) electrons. The smallest absolute Gasteiger partial charge is 0.231 e. The maximum Gasteiger partial charge on any atom is 0.231 e. The Hall–Kier alpha value is -1.79. The van der Waals surface area contributed by atoms with Crippen molar-refractivity contribution in [1.29, 1.82) is 0 Å². The van der Waals surface area contributed by atoms with Crippen molar-refractivity contribution >= 4 is 5.91 Å². The van der Waals surface area contributed by atoms with Gasteiger partial charge in [0, 0.05) is 57.3 Å². The summed E-state index contributed by atoms with van der Waals surface area (Å²) >= 11 is 0. The molecule has 0 spiro atoms. The third-order valence-corrected chi connectivity index (χ3v) is 6.09. The minimum absolute atomic E-state index is 0.287. The molecule has 3 heterocycles. The number of piperidine rings is 1. The highest BCUT2D eigenvalue weighted by Gasteiger charge is 2.33. The van der Waals surface area contributed by atoms with E-state index in [1.165, 1.54) is 12.0 Å². The van der Waals surface area contributed by atoms with Crippen LogP contribution in [0.25, 0.3) is 0 Å². The topological polar surface area (TPSA) is 45.3 Å². The molecule has 0 saturated carbocycles. The largest absolute Gasteiger partial charge is 0.454 e. The minimum Gasteiger partial charge on any atom is -0.454 e. The second kappa shape index (κ2) is 7.91. The number of carbonyl (C=O) groups is 1. The summed E-state index contributed by atoms with van der Waals surface area (Å²) in [4.78, 5) is 19.9. The minimum atomic E-state index is -0.287. The van der Waals surface area contributed by atoms with Gasteiger partial charge in [0.25, 0.3) is 0 Å². The molecule has 1 amide bonds. The maximum absolute atomic E-state index is 12.7. The normalized spacial score (nSPS) is 23.8. The second-order valence-electron chi connectivity index (χ2n) is 9.30. The molecule has 2 fully saturated rings. The Bertz CT molecular complexity index is 707. The van der Waals surface area contributed by atoms with Crippen LogP contribution in [0.5, 0.6) is 11.5 Å². The van der Waals surface area contributed by atoms with E-state index >= 15 is 0 Å². The van der Waals surface area contributed by atoms with Gasteiger partial charge in [-0.2, -0.15) is 0 Å². The fraction of sp³-hybridized carbons (Fsp3) is 0.682. The highest BCUT2D eigenvalue weighted by molar-refractivity contribution is 5.81. The van der Waals surface area contributed by atoms with Crippen molar-refractivity contribution < 1.29 is 14.3 Å². The first-order valence-electron chi connectivity index (χ1n) is 10.5. The van der Waals surface area contributed by atoms with E-state index in [2.05, 4.69) is 26.8 Å². The molecule has 2 saturated heterocycles. The molecule has 1 atom stereocenters. The lowest BCUT2D eigenvalue weighted by atomic mass is 9.92. The number of nitrogens with zero attached hydrogens (tertiary/aromatic N) is 3. The SMILES string of the molecule is CC(C)(C)C(=O)N1CCC[C@@H](N2CCN(Cc3ccc4c(c3)OCO4)CC2)C1. The van der Waals surface area contributed by atoms with Gasteiger partial charge in [-0.3, -0.25) is 14.6 Å². The Labute approximate surface area is 168 Å². The van der Waals surface area contributed by atoms with E-state index in [0.29, 0.717) is 18.7 Å². The zero-order valence-electron chi connectivity index (χ0n) is 17.4. The number of amides is 1. The number of piperazine rings is 1. The number of hydrogen-bond donors (Lipinski definition) is 0. The van der Waals surface area contributed by atoms with E-state index in [1.54, 1.807) is 0 Å². The first-order chi connectivity index (χ1) is 13.4. The zero-order valence-corrected chi connectivity index (χ0v) is 17.4. The second-order valence-corrected chi connectivity index (χ2v) is 9.30. The molecule has 0 aromatic heterocycles. The molecular formula is C22H33N3O3. The van der Waals surface area contributed by atoms with Crippen LogP contribution in [0, 0.1) is 5.41 Å². The van der Waals surface area contributed by atoms with Crippen LogP contribution in [-0.4, -0.2) is 72.7 Å². The summed E-state index contributed by atoms with van der Waals surface area (Å²) in [5.41, 5.74) is 0.989. The fourth-order valence-electron chi connectivity index (χ4n) is 4.50. The number of likely N-dealkylation sites (tertiary alicyclic amines) is 1. The number of rotatable bonds is 3. The van der Waals surface area contributed by atoms with Crippen molar-refractivity contribution in [2.24, 2.45) is 5.41 Å². The monoisotopic (exact) mass is 387 g/mol. The highest BCUT2D eigenvalue weighted by atomic mass is 16.7. The van der Waals surface area contributed by atoms with Gasteiger partial charge >= 0.3 is 0 Å². The average molecular weight is 388 g/mol. The van der Waals surface area contributed by atoms with Gasteiger partial charge in [-0.1, -0.05) is 26.8 Å². The van der Waals surface area contributed by atoms with Crippen molar-refractivity contribution in [3.63, 3.8) is 0 Å². The molecule has 154 valence electrons. The third kappa shape index (κ3) is 4.28. The summed E-state index contributed by atoms with van der Waals surface area (Å²) < 4.78 is 10.9. The molecule has 0 unspecified atom stereocenters. The van der Waals surface area contributed by atoms with E-state index in [1.807, 2.05) is 26.8 Å². The Morgan fingerprint density at radius 3 is 2.57 bits per heavy atom. The lowest BCUT2D eigenvalue weighted by Crippen LogP contribution is -2.56. The number of carbonyl (C=O) groups excluding carboxylic acids is 1. The van der Waals surface area contributed by atoms with Crippen LogP contribution in [0.4, 0.5) is 0 Å². The molecule has 3 aliphatic heterocycles. The quantitative estimate of drug-likeness (QED) is 0.798. The van der Waals surface area contributed by atoms with Gasteiger partial charge in [0.1, 0.15) is 0 Å². The molecule has 28 heavy (non-hydrogen) atoms. The lowest BCUT2D eigenvalue weighted by Gasteiger charge is -2.44. The van der Waals surface area contributed by atoms with Gasteiger partial charge < -0.3 is 14.4 Å². The van der Waals surface area contributed by atoms with E-state index in [9.17, 15) is 4.79 Å². The molecule has 0 N–H and O–H groups in total. The van der Waals surface area contributed by atoms with Crippen LogP contribution in [0.1, 0.15) is 39.2 Å². The fourth-order valence-corrected chi connectivity index (χ4v) is 4.50. The first kappa shape index (κ1) is 19.5. The van der Waals surface area contributed by atoms with E-state index in [4.69, 9.17) is 9.47 Å². The number of fused-ring (bicyclic) bond motifs is 1. The van der Waals surface area contributed by atoms with Crippen LogP contribution >= 0.6 is 0 Å². The van der Waals surface area contributed by atoms with Crippen LogP contribution < -0.4 is 9.47 Å². The van der Waals surface area contributed by atoms with Crippen molar-refractivity contribution in [2.75, 3.05) is 46.1 Å². The molecule has 1 aromatic carbocycles. The van der Waals surface area contributed by atoms with E-state index in [-0.39, 0.29) is 5.41 Å². The van der Waals surface area contributed by atoms with Crippen LogP contribution in [0.2, 0.25) is 0 Å². The van der Waals surface area contributed by atoms with Crippen molar-refractivity contribution in [2.45, 2.75) is 46.2 Å². The standard InChI is InChI=1S/C22H33N3O3/c1-22(2,3)21(26)25-8-4-5-18(15-25)24-11-9-23(10-12-24)14-17-6-7-19-20(13-17)28-16-27-19/h6-7,13,18H,4-5,8-12,14-16H2,1-3H3/t18-/m1/s1.